The number of unbranched alkanes of at least 4 members (excludes halogenated alkanes) is 5. The van der Waals surface area contributed by atoms with Crippen LogP contribution in [0.2, 0.25) is 0 Å². The molecule has 0 aliphatic heterocycles. The van der Waals surface area contributed by atoms with Crippen LogP contribution in [-0.4, -0.2) is 16.7 Å². The molecule has 1 aromatic heterocycles. The number of pyridine rings is 1. The van der Waals surface area contributed by atoms with E-state index >= 15 is 0 Å². The van der Waals surface area contributed by atoms with Crippen LogP contribution in [0.4, 0.5) is 0 Å². The van der Waals surface area contributed by atoms with Crippen LogP contribution in [0.3, 0.4) is 0 Å². The summed E-state index contributed by atoms with van der Waals surface area (Å²) >= 11 is 0. The molecule has 2 aromatic rings. The fourth-order valence-electron chi connectivity index (χ4n) is 2.95. The van der Waals surface area contributed by atoms with Crippen molar-refractivity contribution in [3.63, 3.8) is 0 Å². The lowest BCUT2D eigenvalue weighted by Crippen LogP contribution is -2.00. The van der Waals surface area contributed by atoms with Crippen molar-refractivity contribution in [1.29, 1.82) is 0 Å². The van der Waals surface area contributed by atoms with E-state index in [4.69, 9.17) is 4.74 Å². The Morgan fingerprint density at radius 1 is 0.960 bits per heavy atom. The van der Waals surface area contributed by atoms with E-state index in [2.05, 4.69) is 11.9 Å². The molecule has 0 saturated heterocycles. The third-order valence-corrected chi connectivity index (χ3v) is 4.50. The standard InChI is InChI=1S/C22H31NO2/c1-3-5-6-7-8-11-16-25-22-15-14-18(17-23-22)19-12-9-10-13-20(19)21(24)4-2/h9-10,12-15,17,21,24H,3-8,11,16H2,1-2H3. The summed E-state index contributed by atoms with van der Waals surface area (Å²) in [5.74, 6) is 0.672. The van der Waals surface area contributed by atoms with Crippen molar-refractivity contribution < 1.29 is 9.84 Å². The smallest absolute Gasteiger partial charge is 0.213 e. The molecule has 2 rings (SSSR count). The van der Waals surface area contributed by atoms with E-state index in [1.807, 2.05) is 49.5 Å². The lowest BCUT2D eigenvalue weighted by molar-refractivity contribution is 0.174. The summed E-state index contributed by atoms with van der Waals surface area (Å²) in [6.07, 6.45) is 9.62. The van der Waals surface area contributed by atoms with Crippen molar-refractivity contribution in [2.75, 3.05) is 6.61 Å². The average molecular weight is 341 g/mol. The predicted molar refractivity (Wildman–Crippen MR) is 104 cm³/mol. The number of aliphatic hydroxyl groups is 1. The summed E-state index contributed by atoms with van der Waals surface area (Å²) in [4.78, 5) is 4.42. The molecular formula is C22H31NO2. The van der Waals surface area contributed by atoms with Crippen molar-refractivity contribution in [2.24, 2.45) is 0 Å². The molecular weight excluding hydrogens is 310 g/mol. The van der Waals surface area contributed by atoms with Crippen molar-refractivity contribution in [3.8, 4) is 17.0 Å². The highest BCUT2D eigenvalue weighted by molar-refractivity contribution is 5.67. The number of hydrogen-bond donors (Lipinski definition) is 1. The molecule has 3 nitrogen and oxygen atoms in total. The van der Waals surface area contributed by atoms with Gasteiger partial charge in [-0.25, -0.2) is 4.98 Å². The molecule has 1 aromatic carbocycles. The highest BCUT2D eigenvalue weighted by Gasteiger charge is 2.11. The van der Waals surface area contributed by atoms with Gasteiger partial charge < -0.3 is 9.84 Å². The van der Waals surface area contributed by atoms with Gasteiger partial charge in [-0.15, -0.1) is 0 Å². The summed E-state index contributed by atoms with van der Waals surface area (Å²) < 4.78 is 5.74. The Morgan fingerprint density at radius 2 is 1.72 bits per heavy atom. The van der Waals surface area contributed by atoms with Crippen LogP contribution in [0.15, 0.2) is 42.6 Å². The van der Waals surface area contributed by atoms with Crippen molar-refractivity contribution in [3.05, 3.63) is 48.2 Å². The lowest BCUT2D eigenvalue weighted by Gasteiger charge is -2.14. The number of rotatable bonds is 11. The number of nitrogens with zero attached hydrogens (tertiary/aromatic N) is 1. The Balaban J connectivity index is 1.88. The Labute approximate surface area is 152 Å². The number of benzene rings is 1. The second-order valence-electron chi connectivity index (χ2n) is 6.51. The SMILES string of the molecule is CCCCCCCCOc1ccc(-c2ccccc2C(O)CC)cn1. The maximum atomic E-state index is 10.2. The molecule has 0 spiro atoms. The average Bonchev–Trinajstić information content (AvgIpc) is 2.67. The predicted octanol–water partition coefficient (Wildman–Crippen LogP) is 5.93. The number of aliphatic hydroxyl groups excluding tert-OH is 1. The Kier molecular flexibility index (Phi) is 8.47. The molecule has 0 aliphatic rings. The third-order valence-electron chi connectivity index (χ3n) is 4.50. The topological polar surface area (TPSA) is 42.4 Å². The molecule has 0 bridgehead atoms. The maximum Gasteiger partial charge on any atom is 0.213 e. The highest BCUT2D eigenvalue weighted by atomic mass is 16.5. The second kappa shape index (κ2) is 10.9. The van der Waals surface area contributed by atoms with Crippen LogP contribution in [0.1, 0.15) is 70.5 Å². The van der Waals surface area contributed by atoms with Crippen molar-refractivity contribution >= 4 is 0 Å². The summed E-state index contributed by atoms with van der Waals surface area (Å²) in [6, 6.07) is 11.9. The van der Waals surface area contributed by atoms with E-state index in [9.17, 15) is 5.11 Å². The largest absolute Gasteiger partial charge is 0.478 e. The Bertz CT molecular complexity index is 610. The van der Waals surface area contributed by atoms with Crippen LogP contribution in [-0.2, 0) is 0 Å². The van der Waals surface area contributed by atoms with Crippen LogP contribution in [0.25, 0.3) is 11.1 Å². The normalized spacial score (nSPS) is 12.1. The first-order valence-corrected chi connectivity index (χ1v) is 9.62. The number of ether oxygens (including phenoxy) is 1. The van der Waals surface area contributed by atoms with Gasteiger partial charge in [0, 0.05) is 17.8 Å². The minimum atomic E-state index is -0.445. The first-order chi connectivity index (χ1) is 12.3. The highest BCUT2D eigenvalue weighted by Crippen LogP contribution is 2.29. The Hall–Kier alpha value is -1.87. The van der Waals surface area contributed by atoms with Crippen LogP contribution in [0, 0.1) is 0 Å². The Morgan fingerprint density at radius 3 is 2.44 bits per heavy atom. The maximum absolute atomic E-state index is 10.2. The van der Waals surface area contributed by atoms with Gasteiger partial charge >= 0.3 is 0 Å². The minimum absolute atomic E-state index is 0.445. The zero-order valence-electron chi connectivity index (χ0n) is 15.6. The monoisotopic (exact) mass is 341 g/mol. The second-order valence-corrected chi connectivity index (χ2v) is 6.51. The summed E-state index contributed by atoms with van der Waals surface area (Å²) in [5, 5.41) is 10.2. The van der Waals surface area contributed by atoms with Crippen molar-refractivity contribution in [1.82, 2.24) is 4.98 Å². The van der Waals surface area contributed by atoms with E-state index in [1.54, 1.807) is 0 Å². The summed E-state index contributed by atoms with van der Waals surface area (Å²) in [7, 11) is 0. The minimum Gasteiger partial charge on any atom is -0.478 e. The van der Waals surface area contributed by atoms with Gasteiger partial charge in [0.1, 0.15) is 0 Å². The van der Waals surface area contributed by atoms with E-state index in [0.29, 0.717) is 12.3 Å². The molecule has 25 heavy (non-hydrogen) atoms. The number of hydrogen-bond acceptors (Lipinski definition) is 3. The first kappa shape index (κ1) is 19.5. The van der Waals surface area contributed by atoms with Gasteiger partial charge in [0.15, 0.2) is 0 Å². The zero-order chi connectivity index (χ0) is 17.9. The van der Waals surface area contributed by atoms with E-state index in [-0.39, 0.29) is 0 Å². The van der Waals surface area contributed by atoms with Gasteiger partial charge in [-0.1, -0.05) is 70.2 Å². The molecule has 0 saturated carbocycles. The molecule has 0 aliphatic carbocycles. The first-order valence-electron chi connectivity index (χ1n) is 9.62. The van der Waals surface area contributed by atoms with Gasteiger partial charge in [-0.3, -0.25) is 0 Å². The van der Waals surface area contributed by atoms with Crippen LogP contribution < -0.4 is 4.74 Å². The molecule has 1 unspecified atom stereocenters. The van der Waals surface area contributed by atoms with Gasteiger partial charge in [0.25, 0.3) is 0 Å². The molecule has 0 fully saturated rings. The fourth-order valence-corrected chi connectivity index (χ4v) is 2.95. The fraction of sp³-hybridized carbons (Fsp3) is 0.500. The van der Waals surface area contributed by atoms with Crippen LogP contribution >= 0.6 is 0 Å². The zero-order valence-corrected chi connectivity index (χ0v) is 15.6. The lowest BCUT2D eigenvalue weighted by atomic mass is 9.96. The molecule has 1 N–H and O–H groups in total. The molecule has 3 heteroatoms. The summed E-state index contributed by atoms with van der Waals surface area (Å²) in [6.45, 7) is 4.95. The van der Waals surface area contributed by atoms with E-state index in [0.717, 1.165) is 29.7 Å². The van der Waals surface area contributed by atoms with E-state index in [1.165, 1.54) is 32.1 Å². The van der Waals surface area contributed by atoms with Gasteiger partial charge in [-0.2, -0.15) is 0 Å². The molecule has 1 heterocycles. The number of aromatic nitrogens is 1. The van der Waals surface area contributed by atoms with E-state index < -0.39 is 6.10 Å². The van der Waals surface area contributed by atoms with Crippen LogP contribution in [0.5, 0.6) is 5.88 Å². The van der Waals surface area contributed by atoms with Gasteiger partial charge in [-0.05, 0) is 30.0 Å². The molecule has 0 amide bonds. The quantitative estimate of drug-likeness (QED) is 0.515. The third kappa shape index (κ3) is 6.17. The molecule has 1 atom stereocenters. The van der Waals surface area contributed by atoms with Gasteiger partial charge in [0.05, 0.1) is 12.7 Å². The molecule has 0 radical (unpaired) electrons. The molecule has 136 valence electrons. The van der Waals surface area contributed by atoms with Crippen molar-refractivity contribution in [2.45, 2.75) is 64.9 Å². The summed E-state index contributed by atoms with van der Waals surface area (Å²) in [5.41, 5.74) is 2.99. The van der Waals surface area contributed by atoms with Gasteiger partial charge in [0.2, 0.25) is 5.88 Å².